The molecule has 0 amide bonds. The minimum Gasteiger partial charge on any atom is -0.822 e. The van der Waals surface area contributed by atoms with Gasteiger partial charge in [0.1, 0.15) is 39.3 Å². The molecule has 6 aromatic rings. The number of phosphoric acid groups is 2. The topological polar surface area (TPSA) is 270 Å². The summed E-state index contributed by atoms with van der Waals surface area (Å²) in [7, 11) is -12.4. The Kier molecular flexibility index (Phi) is 57.6. The summed E-state index contributed by atoms with van der Waals surface area (Å²) in [6.45, 7) is 20.4. The highest BCUT2D eigenvalue weighted by atomic mass is 31.2. The van der Waals surface area contributed by atoms with Crippen molar-refractivity contribution < 1.29 is 84.8 Å². The van der Waals surface area contributed by atoms with Crippen molar-refractivity contribution in [3.63, 3.8) is 0 Å². The van der Waals surface area contributed by atoms with Crippen LogP contribution < -0.4 is 56.8 Å². The molecule has 0 spiro atoms. The summed E-state index contributed by atoms with van der Waals surface area (Å²) in [6, 6.07) is 27.0. The fourth-order valence-electron chi connectivity index (χ4n) is 10.2. The second-order valence-electron chi connectivity index (χ2n) is 23.5. The molecule has 0 aromatic carbocycles. The van der Waals surface area contributed by atoms with E-state index in [4.69, 9.17) is 57.4 Å². The third kappa shape index (κ3) is 54.4. The maximum Gasteiger partial charge on any atom is 0.324 e. The van der Waals surface area contributed by atoms with E-state index in [-0.39, 0.29) is 0 Å². The molecule has 0 saturated carbocycles. The zero-order chi connectivity index (χ0) is 69.8. The largest absolute Gasteiger partial charge is 0.822 e. The Morgan fingerprint density at radius 2 is 0.351 bits per heavy atom. The van der Waals surface area contributed by atoms with Gasteiger partial charge in [-0.3, -0.25) is 0 Å². The zero-order valence-corrected chi connectivity index (χ0v) is 61.3. The molecule has 6 rings (SSSR count). The van der Waals surface area contributed by atoms with Crippen LogP contribution in [0, 0.1) is 0 Å². The molecule has 526 valence electrons. The van der Waals surface area contributed by atoms with Gasteiger partial charge in [-0.15, -0.1) is 0 Å². The average Bonchev–Trinajstić information content (AvgIpc) is 1.02. The lowest BCUT2D eigenvalue weighted by Crippen LogP contribution is -2.33. The Bertz CT molecular complexity index is 2330. The van der Waals surface area contributed by atoms with E-state index in [0.717, 1.165) is 39.3 Å². The minimum atomic E-state index is -5.39. The van der Waals surface area contributed by atoms with Crippen molar-refractivity contribution in [1.29, 1.82) is 0 Å². The van der Waals surface area contributed by atoms with E-state index in [9.17, 15) is 0 Å². The van der Waals surface area contributed by atoms with Gasteiger partial charge in [0.15, 0.2) is 74.4 Å². The van der Waals surface area contributed by atoms with Crippen LogP contribution in [0.1, 0.15) is 234 Å². The van der Waals surface area contributed by atoms with Crippen molar-refractivity contribution in [2.45, 2.75) is 273 Å². The monoisotopic (exact) mass is 1380 g/mol. The van der Waals surface area contributed by atoms with Crippen molar-refractivity contribution in [3.8, 4) is 33.4 Å². The highest BCUT2D eigenvalue weighted by molar-refractivity contribution is 7.40. The normalized spacial score (nSPS) is 10.8. The Labute approximate surface area is 569 Å². The van der Waals surface area contributed by atoms with E-state index >= 15 is 0 Å². The molecular formula is C72H116N6O12P4. The molecule has 0 fully saturated rings. The van der Waals surface area contributed by atoms with Crippen LogP contribution >= 0.6 is 33.0 Å². The second-order valence-corrected chi connectivity index (χ2v) is 25.6. The molecule has 0 aliphatic carbocycles. The number of hydrogen-bond donors (Lipinski definition) is 2. The molecule has 22 heteroatoms. The second kappa shape index (κ2) is 60.6. The number of nitrogens with zero attached hydrogens (tertiary/aromatic N) is 6. The fourth-order valence-corrected chi connectivity index (χ4v) is 10.2. The van der Waals surface area contributed by atoms with Gasteiger partial charge in [-0.25, -0.2) is 36.5 Å². The van der Waals surface area contributed by atoms with Gasteiger partial charge in [0.05, 0.1) is 0 Å². The molecule has 18 nitrogen and oxygen atoms in total. The van der Waals surface area contributed by atoms with Gasteiger partial charge in [0, 0.05) is 111 Å². The molecule has 6 heterocycles. The van der Waals surface area contributed by atoms with Crippen LogP contribution in [-0.2, 0) is 57.5 Å². The van der Waals surface area contributed by atoms with E-state index in [1.165, 1.54) is 226 Å². The molecular weight excluding hydrogens is 1260 g/mol. The molecule has 0 saturated heterocycles. The summed E-state index contributed by atoms with van der Waals surface area (Å²) in [5, 5.41) is 0. The van der Waals surface area contributed by atoms with Gasteiger partial charge in [-0.1, -0.05) is 157 Å². The third-order valence-corrected chi connectivity index (χ3v) is 15.5. The van der Waals surface area contributed by atoms with Crippen molar-refractivity contribution in [2.24, 2.45) is 0 Å². The van der Waals surface area contributed by atoms with Gasteiger partial charge in [-0.2, -0.15) is 15.6 Å². The highest BCUT2D eigenvalue weighted by Gasteiger charge is 2.10. The molecule has 94 heavy (non-hydrogen) atoms. The van der Waals surface area contributed by atoms with Crippen molar-refractivity contribution in [2.75, 3.05) is 0 Å². The number of unbranched alkanes of at least 4 members (excludes halogenated alkanes) is 24. The molecule has 6 aromatic heterocycles. The maximum atomic E-state index is 8.55. The molecule has 0 atom stereocenters. The maximum absolute atomic E-state index is 8.55. The van der Waals surface area contributed by atoms with Gasteiger partial charge in [-0.05, 0) is 71.9 Å². The van der Waals surface area contributed by atoms with E-state index in [1.54, 1.807) is 0 Å². The lowest BCUT2D eigenvalue weighted by molar-refractivity contribution is -0.697. The Morgan fingerprint density at radius 3 is 0.447 bits per heavy atom. The number of hydrogen-bond acceptors (Lipinski definition) is 10. The van der Waals surface area contributed by atoms with Gasteiger partial charge in [0.25, 0.3) is 0 Å². The first kappa shape index (κ1) is 89.2. The van der Waals surface area contributed by atoms with Crippen LogP contribution in [0.25, 0.3) is 33.4 Å². The number of pyridine rings is 6. The summed E-state index contributed by atoms with van der Waals surface area (Å²) < 4.78 is 47.9. The molecule has 0 radical (unpaired) electrons. The molecule has 2 N–H and O–H groups in total. The van der Waals surface area contributed by atoms with Crippen LogP contribution in [0.15, 0.2) is 147 Å². The van der Waals surface area contributed by atoms with Crippen molar-refractivity contribution in [3.05, 3.63) is 147 Å². The summed E-state index contributed by atoms with van der Waals surface area (Å²) in [5.41, 5.74) is 7.85. The first-order valence-electron chi connectivity index (χ1n) is 34.7. The average molecular weight is 1380 g/mol. The lowest BCUT2D eigenvalue weighted by Gasteiger charge is -2.36. The Morgan fingerprint density at radius 1 is 0.255 bits per heavy atom. The van der Waals surface area contributed by atoms with Crippen molar-refractivity contribution >= 4 is 33.0 Å². The first-order chi connectivity index (χ1) is 45.3. The number of aromatic nitrogens is 6. The number of rotatable bonds is 39. The van der Waals surface area contributed by atoms with E-state index in [0.29, 0.717) is 0 Å². The first-order valence-corrected chi connectivity index (χ1v) is 39.1. The predicted molar refractivity (Wildman–Crippen MR) is 364 cm³/mol. The molecule has 0 aliphatic heterocycles. The predicted octanol–water partition coefficient (Wildman–Crippen LogP) is 12.3. The molecule has 0 aliphatic rings. The SMILES string of the molecule is CCCCCCC[n+]1ccc(-c2cc[n+](CCCCCCC)cc2)cc1.CCCCCCC[n+]1ccc(-c2cc[n+](CCCCCCC)cc2)cc1.CCCCCCC[n+]1ccc(-c2cc[n+](CCCCCCC)cc2)cc1.O=P([O-])([O-])[O-].O=P([O-])([O-])[O-].O=PO.O=PO. The van der Waals surface area contributed by atoms with E-state index in [2.05, 4.69) is 216 Å². The Hall–Kier alpha value is -4.76. The lowest BCUT2D eigenvalue weighted by atomic mass is 10.1. The Balaban J connectivity index is 0.00000123. The smallest absolute Gasteiger partial charge is 0.324 e. The van der Waals surface area contributed by atoms with Gasteiger partial charge in [0.2, 0.25) is 0 Å². The third-order valence-electron chi connectivity index (χ3n) is 15.5. The fraction of sp³-hybridized carbons (Fsp3) is 0.583. The molecule has 0 bridgehead atoms. The van der Waals surface area contributed by atoms with Gasteiger partial charge >= 0.3 is 17.4 Å². The van der Waals surface area contributed by atoms with Gasteiger partial charge < -0.3 is 48.3 Å². The number of aryl methyl sites for hydroxylation is 6. The van der Waals surface area contributed by atoms with Crippen LogP contribution in [0.2, 0.25) is 0 Å². The molecule has 0 unspecified atom stereocenters. The van der Waals surface area contributed by atoms with E-state index < -0.39 is 33.0 Å². The zero-order valence-electron chi connectivity index (χ0n) is 57.8. The van der Waals surface area contributed by atoms with Crippen LogP contribution in [0.3, 0.4) is 0 Å². The standard InChI is InChI=1S/3C24H38N2.2H3O4P.2HO2P/c3*1-3-5-7-9-11-17-25-19-13-23(14-20-25)24-15-21-26(22-16-24)18-12-10-8-6-4-2;2*1-5(2,3)4;2*1-3-2/h3*13-16,19-22H,3-12,17-18H2,1-2H3;2*(H3,1,2,3,4);2*(H,1,2)/q3*+2;;;;/p-6. The summed E-state index contributed by atoms with van der Waals surface area (Å²) in [4.78, 5) is 65.3. The van der Waals surface area contributed by atoms with Crippen molar-refractivity contribution in [1.82, 2.24) is 0 Å². The summed E-state index contributed by atoms with van der Waals surface area (Å²) >= 11 is 0. The van der Waals surface area contributed by atoms with E-state index in [1.807, 2.05) is 0 Å². The highest BCUT2D eigenvalue weighted by Crippen LogP contribution is 2.19. The minimum absolute atomic E-state index is 0.833. The van der Waals surface area contributed by atoms with Crippen LogP contribution in [-0.4, -0.2) is 9.79 Å². The summed E-state index contributed by atoms with van der Waals surface area (Å²) in [5.74, 6) is 0. The van der Waals surface area contributed by atoms with Crippen LogP contribution in [0.4, 0.5) is 0 Å². The summed E-state index contributed by atoms with van der Waals surface area (Å²) in [6.07, 6.45) is 66.9. The van der Waals surface area contributed by atoms with Crippen LogP contribution in [0.5, 0.6) is 0 Å². The quantitative estimate of drug-likeness (QED) is 0.0207.